The Balaban J connectivity index is 2.07. The van der Waals surface area contributed by atoms with Crippen LogP contribution in [0.3, 0.4) is 0 Å². The molecule has 1 heterocycles. The van der Waals surface area contributed by atoms with Gasteiger partial charge in [0.25, 0.3) is 0 Å². The summed E-state index contributed by atoms with van der Waals surface area (Å²) in [5.74, 6) is -1.25. The summed E-state index contributed by atoms with van der Waals surface area (Å²) in [5.41, 5.74) is 2.26. The van der Waals surface area contributed by atoms with Crippen LogP contribution in [0.25, 0.3) is 0 Å². The Kier molecular flexibility index (Phi) is 7.62. The fraction of sp³-hybridized carbons (Fsp3) is 0.474. The maximum atomic E-state index is 12.0. The molecule has 0 spiro atoms. The molecule has 0 aromatic heterocycles. The number of nitrogens with zero attached hydrogens (tertiary/aromatic N) is 1. The van der Waals surface area contributed by atoms with Crippen molar-refractivity contribution in [1.82, 2.24) is 10.6 Å². The molecule has 0 bridgehead atoms. The summed E-state index contributed by atoms with van der Waals surface area (Å²) in [4.78, 5) is 27.2. The van der Waals surface area contributed by atoms with Crippen molar-refractivity contribution in [3.05, 3.63) is 42.5 Å². The fourth-order valence-corrected chi connectivity index (χ4v) is 3.00. The van der Waals surface area contributed by atoms with Gasteiger partial charge >= 0.3 is 11.8 Å². The average molecular weight is 361 g/mol. The molecule has 0 aliphatic carbocycles. The molecule has 1 aliphatic heterocycles. The number of carbonyl (C=O) groups excluding carboxylic acids is 2. The number of anilines is 1. The van der Waals surface area contributed by atoms with Crippen LogP contribution in [-0.4, -0.2) is 65.3 Å². The molecule has 2 amide bonds. The van der Waals surface area contributed by atoms with Crippen molar-refractivity contribution in [1.29, 1.82) is 0 Å². The molecule has 1 atom stereocenters. The van der Waals surface area contributed by atoms with Gasteiger partial charge in [0, 0.05) is 31.9 Å². The molecule has 0 radical (unpaired) electrons. The van der Waals surface area contributed by atoms with E-state index >= 15 is 0 Å². The number of benzene rings is 1. The van der Waals surface area contributed by atoms with Crippen LogP contribution >= 0.6 is 0 Å². The summed E-state index contributed by atoms with van der Waals surface area (Å²) in [7, 11) is 4.00. The minimum Gasteiger partial charge on any atom is -0.378 e. The lowest BCUT2D eigenvalue weighted by Crippen LogP contribution is -3.15. The lowest BCUT2D eigenvalue weighted by Gasteiger charge is -2.32. The standard InChI is InChI=1S/C19H28N4O3/c1-4-9-20-18(24)19(25)21-14-17(23-10-12-26-13-11-23)15-5-7-16(8-6-15)22(2)3/h4-8,17H,1,9-14H2,2-3H3,(H,20,24)(H,21,25)/p+1/t17-/m1/s1. The monoisotopic (exact) mass is 361 g/mol. The SMILES string of the molecule is C=CCNC(=O)C(=O)NC[C@H](c1ccc(N(C)C)cc1)[NH+]1CCOCC1. The van der Waals surface area contributed by atoms with E-state index in [0.29, 0.717) is 19.8 Å². The van der Waals surface area contributed by atoms with E-state index in [9.17, 15) is 9.59 Å². The Bertz CT molecular complexity index is 610. The molecule has 7 nitrogen and oxygen atoms in total. The summed E-state index contributed by atoms with van der Waals surface area (Å²) < 4.78 is 5.46. The minimum absolute atomic E-state index is 0.0752. The number of quaternary nitrogens is 1. The van der Waals surface area contributed by atoms with Gasteiger partial charge in [0.05, 0.1) is 19.8 Å². The number of nitrogens with one attached hydrogen (secondary N) is 3. The number of hydrogen-bond donors (Lipinski definition) is 3. The lowest BCUT2D eigenvalue weighted by atomic mass is 10.0. The number of hydrogen-bond acceptors (Lipinski definition) is 4. The minimum atomic E-state index is -0.636. The summed E-state index contributed by atoms with van der Waals surface area (Å²) in [6.45, 7) is 7.35. The Hall–Kier alpha value is -2.38. The summed E-state index contributed by atoms with van der Waals surface area (Å²) in [6, 6.07) is 8.40. The molecule has 1 aromatic carbocycles. The van der Waals surface area contributed by atoms with Crippen molar-refractivity contribution >= 4 is 17.5 Å². The molecule has 2 rings (SSSR count). The van der Waals surface area contributed by atoms with E-state index in [0.717, 1.165) is 24.3 Å². The number of carbonyl (C=O) groups is 2. The first-order chi connectivity index (χ1) is 12.5. The zero-order valence-electron chi connectivity index (χ0n) is 15.6. The molecule has 7 heteroatoms. The van der Waals surface area contributed by atoms with Crippen LogP contribution in [0, 0.1) is 0 Å². The Morgan fingerprint density at radius 3 is 2.38 bits per heavy atom. The number of morpholine rings is 1. The molecule has 3 N–H and O–H groups in total. The van der Waals surface area contributed by atoms with Crippen LogP contribution in [0.15, 0.2) is 36.9 Å². The van der Waals surface area contributed by atoms with Crippen molar-refractivity contribution < 1.29 is 19.2 Å². The van der Waals surface area contributed by atoms with E-state index in [1.54, 1.807) is 0 Å². The largest absolute Gasteiger partial charge is 0.378 e. The lowest BCUT2D eigenvalue weighted by molar-refractivity contribution is -0.937. The summed E-state index contributed by atoms with van der Waals surface area (Å²) in [5, 5.41) is 5.26. The van der Waals surface area contributed by atoms with Crippen LogP contribution in [0.4, 0.5) is 5.69 Å². The summed E-state index contributed by atoms with van der Waals surface area (Å²) in [6.07, 6.45) is 1.54. The first kappa shape index (κ1) is 19.9. The second-order valence-corrected chi connectivity index (χ2v) is 6.52. The van der Waals surface area contributed by atoms with Gasteiger partial charge in [0.15, 0.2) is 0 Å². The van der Waals surface area contributed by atoms with E-state index < -0.39 is 11.8 Å². The molecule has 0 saturated carbocycles. The molecule has 142 valence electrons. The quantitative estimate of drug-likeness (QED) is 0.436. The Labute approximate surface area is 155 Å². The third-order valence-corrected chi connectivity index (χ3v) is 4.52. The highest BCUT2D eigenvalue weighted by atomic mass is 16.5. The number of amides is 2. The zero-order chi connectivity index (χ0) is 18.9. The first-order valence-electron chi connectivity index (χ1n) is 8.89. The van der Waals surface area contributed by atoms with Gasteiger partial charge in [0.2, 0.25) is 0 Å². The van der Waals surface area contributed by atoms with Gasteiger partial charge in [-0.2, -0.15) is 0 Å². The molecule has 1 saturated heterocycles. The van der Waals surface area contributed by atoms with Gasteiger partial charge in [-0.15, -0.1) is 6.58 Å². The highest BCUT2D eigenvalue weighted by Crippen LogP contribution is 2.16. The Morgan fingerprint density at radius 2 is 1.81 bits per heavy atom. The van der Waals surface area contributed by atoms with Crippen molar-refractivity contribution in [2.24, 2.45) is 0 Å². The normalized spacial score (nSPS) is 15.8. The van der Waals surface area contributed by atoms with E-state index in [1.807, 2.05) is 19.0 Å². The van der Waals surface area contributed by atoms with E-state index in [2.05, 4.69) is 41.5 Å². The van der Waals surface area contributed by atoms with Crippen molar-refractivity contribution in [2.75, 3.05) is 58.4 Å². The predicted molar refractivity (Wildman–Crippen MR) is 101 cm³/mol. The number of rotatable bonds is 7. The molecule has 1 fully saturated rings. The van der Waals surface area contributed by atoms with Crippen LogP contribution < -0.4 is 20.4 Å². The smallest absolute Gasteiger partial charge is 0.309 e. The second kappa shape index (κ2) is 9.94. The predicted octanol–water partition coefficient (Wildman–Crippen LogP) is -0.873. The highest BCUT2D eigenvalue weighted by Gasteiger charge is 2.27. The Morgan fingerprint density at radius 1 is 1.19 bits per heavy atom. The van der Waals surface area contributed by atoms with Crippen LogP contribution in [0.1, 0.15) is 11.6 Å². The van der Waals surface area contributed by atoms with E-state index in [-0.39, 0.29) is 12.6 Å². The van der Waals surface area contributed by atoms with Gasteiger partial charge in [0.1, 0.15) is 19.1 Å². The molecule has 1 aliphatic rings. The molecule has 26 heavy (non-hydrogen) atoms. The molecular weight excluding hydrogens is 332 g/mol. The first-order valence-corrected chi connectivity index (χ1v) is 8.89. The van der Waals surface area contributed by atoms with Crippen molar-refractivity contribution in [3.63, 3.8) is 0 Å². The van der Waals surface area contributed by atoms with Gasteiger partial charge in [-0.1, -0.05) is 18.2 Å². The van der Waals surface area contributed by atoms with Crippen molar-refractivity contribution in [2.45, 2.75) is 6.04 Å². The zero-order valence-corrected chi connectivity index (χ0v) is 15.6. The molecular formula is C19H29N4O3+. The highest BCUT2D eigenvalue weighted by molar-refractivity contribution is 6.35. The maximum Gasteiger partial charge on any atom is 0.309 e. The van der Waals surface area contributed by atoms with Crippen LogP contribution in [-0.2, 0) is 14.3 Å². The summed E-state index contributed by atoms with van der Waals surface area (Å²) >= 11 is 0. The van der Waals surface area contributed by atoms with Gasteiger partial charge in [-0.3, -0.25) is 9.59 Å². The van der Waals surface area contributed by atoms with E-state index in [1.165, 1.54) is 11.0 Å². The van der Waals surface area contributed by atoms with Crippen molar-refractivity contribution in [3.8, 4) is 0 Å². The topological polar surface area (TPSA) is 75.1 Å². The second-order valence-electron chi connectivity index (χ2n) is 6.52. The average Bonchev–Trinajstić information content (AvgIpc) is 2.67. The van der Waals surface area contributed by atoms with Gasteiger partial charge in [-0.05, 0) is 12.1 Å². The van der Waals surface area contributed by atoms with E-state index in [4.69, 9.17) is 4.74 Å². The van der Waals surface area contributed by atoms with Gasteiger partial charge < -0.3 is 25.2 Å². The molecule has 1 aromatic rings. The third-order valence-electron chi connectivity index (χ3n) is 4.52. The van der Waals surface area contributed by atoms with Crippen LogP contribution in [0.5, 0.6) is 0 Å². The fourth-order valence-electron chi connectivity index (χ4n) is 3.00. The number of ether oxygens (including phenoxy) is 1. The van der Waals surface area contributed by atoms with Crippen LogP contribution in [0.2, 0.25) is 0 Å². The molecule has 0 unspecified atom stereocenters. The third kappa shape index (κ3) is 5.57. The van der Waals surface area contributed by atoms with Gasteiger partial charge in [-0.25, -0.2) is 0 Å². The maximum absolute atomic E-state index is 12.0.